The molecule has 2 amide bonds. The third-order valence-electron chi connectivity index (χ3n) is 3.35. The van der Waals surface area contributed by atoms with Crippen molar-refractivity contribution in [1.82, 2.24) is 15.5 Å². The Balaban J connectivity index is 2.24. The van der Waals surface area contributed by atoms with E-state index in [1.54, 1.807) is 12.1 Å². The molecular formula is C14H18BrN3O3. The highest BCUT2D eigenvalue weighted by Gasteiger charge is 2.33. The zero-order valence-electron chi connectivity index (χ0n) is 11.7. The van der Waals surface area contributed by atoms with Gasteiger partial charge in [0.1, 0.15) is 11.8 Å². The van der Waals surface area contributed by atoms with E-state index < -0.39 is 6.04 Å². The van der Waals surface area contributed by atoms with Gasteiger partial charge in [-0.2, -0.15) is 0 Å². The Morgan fingerprint density at radius 2 is 2.29 bits per heavy atom. The number of phenolic OH excluding ortho intramolecular Hbond substituents is 1. The molecule has 1 unspecified atom stereocenters. The van der Waals surface area contributed by atoms with Crippen LogP contribution in [-0.2, 0) is 4.79 Å². The van der Waals surface area contributed by atoms with Crippen molar-refractivity contribution in [3.8, 4) is 5.75 Å². The summed E-state index contributed by atoms with van der Waals surface area (Å²) in [4.78, 5) is 26.2. The molecule has 7 heteroatoms. The fourth-order valence-electron chi connectivity index (χ4n) is 2.31. The number of halogens is 1. The second-order valence-electron chi connectivity index (χ2n) is 4.77. The van der Waals surface area contributed by atoms with E-state index >= 15 is 0 Å². The van der Waals surface area contributed by atoms with Crippen molar-refractivity contribution in [3.05, 3.63) is 28.2 Å². The number of hydrogen-bond donors (Lipinski definition) is 3. The number of nitrogens with one attached hydrogen (secondary N) is 2. The highest BCUT2D eigenvalue weighted by atomic mass is 79.9. The number of rotatable bonds is 3. The molecule has 0 bridgehead atoms. The van der Waals surface area contributed by atoms with Crippen LogP contribution in [0.5, 0.6) is 5.75 Å². The second kappa shape index (κ2) is 6.91. The van der Waals surface area contributed by atoms with Gasteiger partial charge in [0.15, 0.2) is 0 Å². The maximum Gasteiger partial charge on any atom is 0.258 e. The van der Waals surface area contributed by atoms with Crippen LogP contribution in [0.25, 0.3) is 0 Å². The number of phenols is 1. The summed E-state index contributed by atoms with van der Waals surface area (Å²) < 4.78 is 0.692. The van der Waals surface area contributed by atoms with Crippen LogP contribution in [0.2, 0.25) is 0 Å². The molecule has 6 nitrogen and oxygen atoms in total. The van der Waals surface area contributed by atoms with Crippen LogP contribution in [0.4, 0.5) is 0 Å². The summed E-state index contributed by atoms with van der Waals surface area (Å²) in [5.74, 6) is -0.616. The molecule has 21 heavy (non-hydrogen) atoms. The number of benzene rings is 1. The molecule has 1 atom stereocenters. The van der Waals surface area contributed by atoms with Gasteiger partial charge in [0.25, 0.3) is 5.91 Å². The van der Waals surface area contributed by atoms with Crippen molar-refractivity contribution >= 4 is 27.7 Å². The molecule has 0 aliphatic carbocycles. The minimum Gasteiger partial charge on any atom is -0.507 e. The number of carbonyl (C=O) groups excluding carboxylic acids is 2. The van der Waals surface area contributed by atoms with Crippen molar-refractivity contribution in [2.24, 2.45) is 0 Å². The van der Waals surface area contributed by atoms with Gasteiger partial charge in [-0.05, 0) is 25.1 Å². The van der Waals surface area contributed by atoms with Gasteiger partial charge in [0, 0.05) is 30.7 Å². The molecule has 1 aromatic carbocycles. The second-order valence-corrected chi connectivity index (χ2v) is 5.69. The number of nitrogens with zero attached hydrogens (tertiary/aromatic N) is 1. The highest BCUT2D eigenvalue weighted by molar-refractivity contribution is 9.10. The van der Waals surface area contributed by atoms with Gasteiger partial charge in [-0.15, -0.1) is 0 Å². The fourth-order valence-corrected chi connectivity index (χ4v) is 2.66. The topological polar surface area (TPSA) is 81.7 Å². The van der Waals surface area contributed by atoms with Crippen LogP contribution in [0, 0.1) is 0 Å². The molecule has 114 valence electrons. The number of carbonyl (C=O) groups is 2. The highest BCUT2D eigenvalue weighted by Crippen LogP contribution is 2.24. The van der Waals surface area contributed by atoms with Gasteiger partial charge >= 0.3 is 0 Å². The molecule has 3 N–H and O–H groups in total. The Bertz CT molecular complexity index is 550. The van der Waals surface area contributed by atoms with E-state index in [0.29, 0.717) is 30.7 Å². The molecule has 1 fully saturated rings. The predicted octanol–water partition coefficient (Wildman–Crippen LogP) is 0.705. The number of amides is 2. The van der Waals surface area contributed by atoms with Gasteiger partial charge in [-0.3, -0.25) is 9.59 Å². The predicted molar refractivity (Wildman–Crippen MR) is 82.2 cm³/mol. The van der Waals surface area contributed by atoms with E-state index in [1.165, 1.54) is 11.0 Å². The van der Waals surface area contributed by atoms with Crippen molar-refractivity contribution in [3.63, 3.8) is 0 Å². The van der Waals surface area contributed by atoms with Crippen molar-refractivity contribution in [2.45, 2.75) is 13.0 Å². The molecule has 1 aliphatic heterocycles. The van der Waals surface area contributed by atoms with Crippen LogP contribution >= 0.6 is 15.9 Å². The molecule has 1 aromatic rings. The summed E-state index contributed by atoms with van der Waals surface area (Å²) in [6.07, 6.45) is 0. The molecule has 0 radical (unpaired) electrons. The van der Waals surface area contributed by atoms with E-state index in [0.717, 1.165) is 0 Å². The molecule has 1 aliphatic rings. The van der Waals surface area contributed by atoms with Crippen LogP contribution in [-0.4, -0.2) is 54.0 Å². The average molecular weight is 356 g/mol. The zero-order chi connectivity index (χ0) is 15.4. The first-order chi connectivity index (χ1) is 10.0. The lowest BCUT2D eigenvalue weighted by Crippen LogP contribution is -2.59. The Morgan fingerprint density at radius 1 is 1.52 bits per heavy atom. The standard InChI is InChI=1S/C14H18BrN3O3/c1-2-17-13(20)11-8-16-5-6-18(11)14(21)10-4-3-9(15)7-12(10)19/h3-4,7,11,16,19H,2,5-6,8H2,1H3,(H,17,20). The average Bonchev–Trinajstić information content (AvgIpc) is 2.47. The number of hydrogen-bond acceptors (Lipinski definition) is 4. The Hall–Kier alpha value is -1.60. The van der Waals surface area contributed by atoms with E-state index in [4.69, 9.17) is 0 Å². The van der Waals surface area contributed by atoms with Crippen LogP contribution in [0.15, 0.2) is 22.7 Å². The third-order valence-corrected chi connectivity index (χ3v) is 3.84. The van der Waals surface area contributed by atoms with Gasteiger partial charge in [0.05, 0.1) is 5.56 Å². The maximum absolute atomic E-state index is 12.6. The monoisotopic (exact) mass is 355 g/mol. The molecule has 1 heterocycles. The lowest BCUT2D eigenvalue weighted by Gasteiger charge is -2.35. The first-order valence-corrected chi connectivity index (χ1v) is 7.61. The van der Waals surface area contributed by atoms with E-state index in [9.17, 15) is 14.7 Å². The first kappa shape index (κ1) is 15.8. The van der Waals surface area contributed by atoms with E-state index in [1.807, 2.05) is 6.92 Å². The summed E-state index contributed by atoms with van der Waals surface area (Å²) in [7, 11) is 0. The Kier molecular flexibility index (Phi) is 5.19. The molecule has 2 rings (SSSR count). The Morgan fingerprint density at radius 3 is 2.95 bits per heavy atom. The van der Waals surface area contributed by atoms with Gasteiger partial charge in [-0.1, -0.05) is 15.9 Å². The zero-order valence-corrected chi connectivity index (χ0v) is 13.3. The van der Waals surface area contributed by atoms with Crippen molar-refractivity contribution in [1.29, 1.82) is 0 Å². The quantitative estimate of drug-likeness (QED) is 0.745. The smallest absolute Gasteiger partial charge is 0.258 e. The molecule has 1 saturated heterocycles. The number of piperazine rings is 1. The minimum atomic E-state index is -0.561. The van der Waals surface area contributed by atoms with Crippen LogP contribution in [0.3, 0.4) is 0 Å². The molecule has 0 saturated carbocycles. The number of aromatic hydroxyl groups is 1. The largest absolute Gasteiger partial charge is 0.507 e. The van der Waals surface area contributed by atoms with Gasteiger partial charge in [-0.25, -0.2) is 0 Å². The summed E-state index contributed by atoms with van der Waals surface area (Å²) in [5.41, 5.74) is 0.203. The summed E-state index contributed by atoms with van der Waals surface area (Å²) in [6, 6.07) is 4.15. The van der Waals surface area contributed by atoms with Crippen LogP contribution < -0.4 is 10.6 Å². The minimum absolute atomic E-state index is 0.0949. The maximum atomic E-state index is 12.6. The molecular weight excluding hydrogens is 338 g/mol. The Labute approximate surface area is 131 Å². The van der Waals surface area contributed by atoms with Crippen molar-refractivity contribution < 1.29 is 14.7 Å². The number of likely N-dealkylation sites (N-methyl/N-ethyl adjacent to an activating group) is 1. The van der Waals surface area contributed by atoms with Crippen molar-refractivity contribution in [2.75, 3.05) is 26.2 Å². The summed E-state index contributed by atoms with van der Waals surface area (Å²) in [5, 5.41) is 15.8. The first-order valence-electron chi connectivity index (χ1n) is 6.82. The lowest BCUT2D eigenvalue weighted by atomic mass is 10.1. The van der Waals surface area contributed by atoms with Crippen LogP contribution in [0.1, 0.15) is 17.3 Å². The summed E-state index contributed by atoms with van der Waals surface area (Å²) in [6.45, 7) is 3.81. The lowest BCUT2D eigenvalue weighted by molar-refractivity contribution is -0.126. The summed E-state index contributed by atoms with van der Waals surface area (Å²) >= 11 is 3.24. The van der Waals surface area contributed by atoms with Gasteiger partial charge < -0.3 is 20.6 Å². The SMILES string of the molecule is CCNC(=O)C1CNCCN1C(=O)c1ccc(Br)cc1O. The molecule has 0 aromatic heterocycles. The third kappa shape index (κ3) is 3.54. The van der Waals surface area contributed by atoms with E-state index in [2.05, 4.69) is 26.6 Å². The van der Waals surface area contributed by atoms with E-state index in [-0.39, 0.29) is 23.1 Å². The molecule has 0 spiro atoms. The fraction of sp³-hybridized carbons (Fsp3) is 0.429. The van der Waals surface area contributed by atoms with Gasteiger partial charge in [0.2, 0.25) is 5.91 Å². The normalized spacial score (nSPS) is 18.4.